The predicted molar refractivity (Wildman–Crippen MR) is 65.0 cm³/mol. The molecule has 1 aliphatic rings. The number of hydrogen-bond acceptors (Lipinski definition) is 3. The van der Waals surface area contributed by atoms with Crippen molar-refractivity contribution in [1.29, 1.82) is 0 Å². The quantitative estimate of drug-likeness (QED) is 0.735. The summed E-state index contributed by atoms with van der Waals surface area (Å²) in [6.45, 7) is 7.46. The lowest BCUT2D eigenvalue weighted by molar-refractivity contribution is -0.134. The van der Waals surface area contributed by atoms with Gasteiger partial charge in [-0.3, -0.25) is 0 Å². The molecule has 18 heavy (non-hydrogen) atoms. The van der Waals surface area contributed by atoms with E-state index in [1.165, 1.54) is 5.38 Å². The molecule has 1 fully saturated rings. The molecule has 1 saturated heterocycles. The molecule has 0 saturated carbocycles. The summed E-state index contributed by atoms with van der Waals surface area (Å²) in [5.74, 6) is 0. The molecule has 0 radical (unpaired) electrons. The van der Waals surface area contributed by atoms with E-state index in [2.05, 4.69) is 0 Å². The molecular formula is C11H14BF3O2S. The minimum atomic E-state index is -4.31. The maximum atomic E-state index is 12.5. The summed E-state index contributed by atoms with van der Waals surface area (Å²) in [5.41, 5.74) is -0.665. The molecule has 0 amide bonds. The van der Waals surface area contributed by atoms with Gasteiger partial charge in [0.05, 0.1) is 11.2 Å². The van der Waals surface area contributed by atoms with Crippen molar-refractivity contribution in [3.63, 3.8) is 0 Å². The van der Waals surface area contributed by atoms with Gasteiger partial charge < -0.3 is 9.31 Å². The normalized spacial score (nSPS) is 22.5. The fourth-order valence-electron chi connectivity index (χ4n) is 1.60. The Kier molecular flexibility index (Phi) is 3.07. The van der Waals surface area contributed by atoms with Crippen molar-refractivity contribution in [3.8, 4) is 0 Å². The van der Waals surface area contributed by atoms with Crippen LogP contribution in [0.15, 0.2) is 11.4 Å². The van der Waals surface area contributed by atoms with Crippen molar-refractivity contribution in [3.05, 3.63) is 16.3 Å². The molecule has 0 aliphatic carbocycles. The third kappa shape index (κ3) is 2.31. The molecule has 1 aliphatic heterocycles. The van der Waals surface area contributed by atoms with Crippen molar-refractivity contribution in [2.75, 3.05) is 0 Å². The lowest BCUT2D eigenvalue weighted by atomic mass is 9.81. The summed E-state index contributed by atoms with van der Waals surface area (Å²) >= 11 is 0.659. The average Bonchev–Trinajstić information content (AvgIpc) is 2.69. The Morgan fingerprint density at radius 2 is 1.61 bits per heavy atom. The van der Waals surface area contributed by atoms with Crippen molar-refractivity contribution >= 4 is 23.9 Å². The summed E-state index contributed by atoms with van der Waals surface area (Å²) in [6.07, 6.45) is -4.31. The highest BCUT2D eigenvalue weighted by Gasteiger charge is 2.52. The summed E-state index contributed by atoms with van der Waals surface area (Å²) in [4.78, 5) is -0.632. The van der Waals surface area contributed by atoms with E-state index in [-0.39, 0.29) is 0 Å². The lowest BCUT2D eigenvalue weighted by Gasteiger charge is -2.32. The molecule has 0 spiro atoms. The Hall–Kier alpha value is -0.525. The van der Waals surface area contributed by atoms with Crippen LogP contribution in [0.25, 0.3) is 0 Å². The third-order valence-electron chi connectivity index (χ3n) is 3.42. The molecule has 1 aromatic heterocycles. The van der Waals surface area contributed by atoms with Crippen LogP contribution < -0.4 is 5.46 Å². The third-order valence-corrected chi connectivity index (χ3v) is 4.42. The Morgan fingerprint density at radius 1 is 1.11 bits per heavy atom. The van der Waals surface area contributed by atoms with Crippen LogP contribution in [0.1, 0.15) is 32.6 Å². The molecule has 2 nitrogen and oxygen atoms in total. The zero-order valence-electron chi connectivity index (χ0n) is 10.6. The van der Waals surface area contributed by atoms with E-state index in [0.717, 1.165) is 6.07 Å². The van der Waals surface area contributed by atoms with Crippen LogP contribution >= 0.6 is 11.3 Å². The van der Waals surface area contributed by atoms with Gasteiger partial charge in [0, 0.05) is 0 Å². The molecule has 0 N–H and O–H groups in total. The fourth-order valence-corrected chi connectivity index (χ4v) is 2.38. The summed E-state index contributed by atoms with van der Waals surface area (Å²) in [6, 6.07) is 1.09. The maximum Gasteiger partial charge on any atom is 0.495 e. The molecule has 7 heteroatoms. The number of thiophene rings is 1. The minimum absolute atomic E-state index is 0.422. The average molecular weight is 278 g/mol. The first-order chi connectivity index (χ1) is 8.03. The molecule has 0 atom stereocenters. The highest BCUT2D eigenvalue weighted by Crippen LogP contribution is 2.38. The van der Waals surface area contributed by atoms with Crippen molar-refractivity contribution in [2.45, 2.75) is 45.1 Å². The first kappa shape index (κ1) is 13.9. The first-order valence-corrected chi connectivity index (χ1v) is 6.42. The lowest BCUT2D eigenvalue weighted by Crippen LogP contribution is -2.41. The Labute approximate surface area is 108 Å². The van der Waals surface area contributed by atoms with E-state index in [0.29, 0.717) is 16.8 Å². The molecule has 0 aromatic carbocycles. The van der Waals surface area contributed by atoms with Gasteiger partial charge in [-0.25, -0.2) is 0 Å². The number of rotatable bonds is 1. The second-order valence-corrected chi connectivity index (χ2v) is 6.24. The summed E-state index contributed by atoms with van der Waals surface area (Å²) in [7, 11) is -0.734. The molecule has 2 heterocycles. The van der Waals surface area contributed by atoms with Gasteiger partial charge in [-0.1, -0.05) is 0 Å². The van der Waals surface area contributed by atoms with Crippen molar-refractivity contribution in [1.82, 2.24) is 0 Å². The van der Waals surface area contributed by atoms with Gasteiger partial charge in [0.25, 0.3) is 0 Å². The van der Waals surface area contributed by atoms with Gasteiger partial charge in [-0.15, -0.1) is 11.3 Å². The second-order valence-electron chi connectivity index (χ2n) is 5.33. The number of hydrogen-bond donors (Lipinski definition) is 0. The Balaban J connectivity index is 2.23. The molecule has 2 rings (SSSR count). The SMILES string of the molecule is CC1(C)OB(c2csc(C(F)(F)F)c2)OC1(C)C. The maximum absolute atomic E-state index is 12.5. The van der Waals surface area contributed by atoms with Gasteiger partial charge in [-0.2, -0.15) is 13.2 Å². The van der Waals surface area contributed by atoms with Crippen LogP contribution in [-0.4, -0.2) is 18.3 Å². The molecule has 0 bridgehead atoms. The zero-order chi connectivity index (χ0) is 13.8. The number of halogens is 3. The van der Waals surface area contributed by atoms with Gasteiger partial charge in [-0.05, 0) is 44.6 Å². The monoisotopic (exact) mass is 278 g/mol. The highest BCUT2D eigenvalue weighted by atomic mass is 32.1. The Bertz CT molecular complexity index is 437. The summed E-state index contributed by atoms with van der Waals surface area (Å²) < 4.78 is 48.9. The number of alkyl halides is 3. The van der Waals surface area contributed by atoms with Crippen molar-refractivity contribution < 1.29 is 22.5 Å². The predicted octanol–water partition coefficient (Wildman–Crippen LogP) is 3.07. The van der Waals surface area contributed by atoms with E-state index >= 15 is 0 Å². The molecular weight excluding hydrogens is 264 g/mol. The van der Waals surface area contributed by atoms with Gasteiger partial charge in [0.2, 0.25) is 0 Å². The van der Waals surface area contributed by atoms with Gasteiger partial charge in [0.15, 0.2) is 0 Å². The van der Waals surface area contributed by atoms with Crippen LogP contribution in [0.3, 0.4) is 0 Å². The molecule has 0 unspecified atom stereocenters. The zero-order valence-corrected chi connectivity index (χ0v) is 11.4. The molecule has 1 aromatic rings. The topological polar surface area (TPSA) is 18.5 Å². The standard InChI is InChI=1S/C11H14BF3O2S/c1-9(2)10(3,4)17-12(16-9)7-5-8(18-6-7)11(13,14)15/h5-6H,1-4H3. The molecule has 100 valence electrons. The van der Waals surface area contributed by atoms with E-state index in [1.54, 1.807) is 0 Å². The largest absolute Gasteiger partial charge is 0.495 e. The van der Waals surface area contributed by atoms with E-state index in [1.807, 2.05) is 27.7 Å². The van der Waals surface area contributed by atoms with Crippen LogP contribution in [0.2, 0.25) is 0 Å². The highest BCUT2D eigenvalue weighted by molar-refractivity contribution is 7.11. The van der Waals surface area contributed by atoms with Gasteiger partial charge >= 0.3 is 13.3 Å². The first-order valence-electron chi connectivity index (χ1n) is 5.54. The minimum Gasteiger partial charge on any atom is -0.399 e. The van der Waals surface area contributed by atoms with Crippen LogP contribution in [0, 0.1) is 0 Å². The Morgan fingerprint density at radius 3 is 2.00 bits per heavy atom. The van der Waals surface area contributed by atoms with Gasteiger partial charge in [0.1, 0.15) is 4.88 Å². The summed E-state index contributed by atoms with van der Waals surface area (Å²) in [5, 5.41) is 1.44. The van der Waals surface area contributed by atoms with E-state index < -0.39 is 29.4 Å². The van der Waals surface area contributed by atoms with Crippen LogP contribution in [0.5, 0.6) is 0 Å². The fraction of sp³-hybridized carbons (Fsp3) is 0.636. The van der Waals surface area contributed by atoms with Crippen LogP contribution in [0.4, 0.5) is 13.2 Å². The van der Waals surface area contributed by atoms with E-state index in [9.17, 15) is 13.2 Å². The van der Waals surface area contributed by atoms with Crippen LogP contribution in [-0.2, 0) is 15.5 Å². The smallest absolute Gasteiger partial charge is 0.399 e. The van der Waals surface area contributed by atoms with E-state index in [4.69, 9.17) is 9.31 Å². The van der Waals surface area contributed by atoms with Crippen molar-refractivity contribution in [2.24, 2.45) is 0 Å². The second kappa shape index (κ2) is 3.98.